The lowest BCUT2D eigenvalue weighted by molar-refractivity contribution is 0.197. The number of carbonyl (C=O) groups is 1. The number of benzene rings is 1. The van der Waals surface area contributed by atoms with Crippen LogP contribution in [0, 0.1) is 0 Å². The third kappa shape index (κ3) is 3.84. The lowest BCUT2D eigenvalue weighted by Gasteiger charge is -2.36. The molecule has 8 heteroatoms. The number of carbonyl (C=O) groups excluding carboxylic acids is 1. The molecule has 0 bridgehead atoms. The van der Waals surface area contributed by atoms with Crippen LogP contribution < -0.4 is 15.0 Å². The van der Waals surface area contributed by atoms with Gasteiger partial charge in [0.15, 0.2) is 5.82 Å². The van der Waals surface area contributed by atoms with Gasteiger partial charge in [0.2, 0.25) is 0 Å². The Bertz CT molecular complexity index is 1060. The maximum Gasteiger partial charge on any atom is 0.328 e. The van der Waals surface area contributed by atoms with Gasteiger partial charge in [-0.15, -0.1) is 0 Å². The fourth-order valence-corrected chi connectivity index (χ4v) is 4.54. The summed E-state index contributed by atoms with van der Waals surface area (Å²) in [7, 11) is 1.63. The van der Waals surface area contributed by atoms with E-state index in [9.17, 15) is 4.79 Å². The van der Waals surface area contributed by atoms with Gasteiger partial charge in [-0.1, -0.05) is 0 Å². The van der Waals surface area contributed by atoms with Gasteiger partial charge in [0.05, 0.1) is 22.8 Å². The van der Waals surface area contributed by atoms with E-state index in [1.54, 1.807) is 11.7 Å². The molecule has 1 aliphatic rings. The third-order valence-corrected chi connectivity index (χ3v) is 6.03. The van der Waals surface area contributed by atoms with E-state index in [0.717, 1.165) is 40.0 Å². The Morgan fingerprint density at radius 3 is 2.63 bits per heavy atom. The number of aromatic nitrogens is 2. The average molecular weight is 472 g/mol. The summed E-state index contributed by atoms with van der Waals surface area (Å²) in [4.78, 5) is 22.0. The molecule has 1 aromatic carbocycles. The fraction of sp³-hybridized carbons (Fsp3) is 0.364. The quantitative estimate of drug-likeness (QED) is 0.610. The van der Waals surface area contributed by atoms with Crippen LogP contribution in [0.25, 0.3) is 10.9 Å². The number of amides is 1. The molecule has 0 aliphatic carbocycles. The van der Waals surface area contributed by atoms with Gasteiger partial charge in [-0.3, -0.25) is 4.57 Å². The summed E-state index contributed by atoms with van der Waals surface area (Å²) in [6, 6.07) is 10.1. The maximum absolute atomic E-state index is 13.3. The standard InChI is InChI=1S/C22H26BrN5O2/c1-15(2)25-17-5-4-9-24-21(17)26-11-13-27(14-12-26)22(29)28-10-8-16-6-7-18(30-3)19(23)20(16)28/h4-10,15,25H,11-14H2,1-3H3. The van der Waals surface area contributed by atoms with E-state index in [0.29, 0.717) is 24.9 Å². The van der Waals surface area contributed by atoms with Gasteiger partial charge in [-0.05, 0) is 60.1 Å². The molecule has 1 N–H and O–H groups in total. The molecule has 1 amide bonds. The lowest BCUT2D eigenvalue weighted by atomic mass is 10.2. The molecule has 3 heterocycles. The van der Waals surface area contributed by atoms with Crippen molar-refractivity contribution in [1.29, 1.82) is 0 Å². The Hall–Kier alpha value is -2.74. The summed E-state index contributed by atoms with van der Waals surface area (Å²) in [6.07, 6.45) is 3.64. The Labute approximate surface area is 184 Å². The molecular weight excluding hydrogens is 446 g/mol. The number of hydrogen-bond acceptors (Lipinski definition) is 5. The summed E-state index contributed by atoms with van der Waals surface area (Å²) in [5.74, 6) is 1.65. The molecule has 0 atom stereocenters. The molecule has 0 saturated carbocycles. The summed E-state index contributed by atoms with van der Waals surface area (Å²) in [5.41, 5.74) is 1.86. The van der Waals surface area contributed by atoms with Crippen molar-refractivity contribution < 1.29 is 9.53 Å². The van der Waals surface area contributed by atoms with Crippen molar-refractivity contribution in [2.24, 2.45) is 0 Å². The number of hydrogen-bond donors (Lipinski definition) is 1. The molecule has 1 fully saturated rings. The van der Waals surface area contributed by atoms with Gasteiger partial charge in [0.25, 0.3) is 0 Å². The normalized spacial score (nSPS) is 14.4. The number of methoxy groups -OCH3 is 1. The SMILES string of the molecule is COc1ccc2ccn(C(=O)N3CCN(c4ncccc4NC(C)C)CC3)c2c1Br. The van der Waals surface area contributed by atoms with E-state index in [1.165, 1.54) is 0 Å². The van der Waals surface area contributed by atoms with E-state index in [-0.39, 0.29) is 6.03 Å². The summed E-state index contributed by atoms with van der Waals surface area (Å²) < 4.78 is 7.89. The minimum absolute atomic E-state index is 0.0276. The van der Waals surface area contributed by atoms with Gasteiger partial charge in [0.1, 0.15) is 5.75 Å². The van der Waals surface area contributed by atoms with Crippen LogP contribution in [-0.2, 0) is 0 Å². The molecule has 0 unspecified atom stereocenters. The zero-order valence-electron chi connectivity index (χ0n) is 17.4. The molecule has 7 nitrogen and oxygen atoms in total. The second kappa shape index (κ2) is 8.55. The number of nitrogens with one attached hydrogen (secondary N) is 1. The first-order valence-corrected chi connectivity index (χ1v) is 10.9. The zero-order chi connectivity index (χ0) is 21.3. The largest absolute Gasteiger partial charge is 0.495 e. The monoisotopic (exact) mass is 471 g/mol. The first-order valence-electron chi connectivity index (χ1n) is 10.1. The van der Waals surface area contributed by atoms with Crippen LogP contribution in [0.15, 0.2) is 47.2 Å². The van der Waals surface area contributed by atoms with Gasteiger partial charge >= 0.3 is 6.03 Å². The maximum atomic E-state index is 13.3. The lowest BCUT2D eigenvalue weighted by Crippen LogP contribution is -2.50. The second-order valence-corrected chi connectivity index (χ2v) is 8.43. The Morgan fingerprint density at radius 1 is 1.17 bits per heavy atom. The number of pyridine rings is 1. The highest BCUT2D eigenvalue weighted by Crippen LogP contribution is 2.34. The van der Waals surface area contributed by atoms with E-state index in [4.69, 9.17) is 4.74 Å². The van der Waals surface area contributed by atoms with E-state index < -0.39 is 0 Å². The number of fused-ring (bicyclic) bond motifs is 1. The zero-order valence-corrected chi connectivity index (χ0v) is 19.0. The van der Waals surface area contributed by atoms with E-state index in [1.807, 2.05) is 41.6 Å². The van der Waals surface area contributed by atoms with Crippen LogP contribution in [0.4, 0.5) is 16.3 Å². The molecule has 2 aromatic heterocycles. The van der Waals surface area contributed by atoms with Crippen molar-refractivity contribution in [1.82, 2.24) is 14.5 Å². The number of nitrogens with zero attached hydrogens (tertiary/aromatic N) is 4. The fourth-order valence-electron chi connectivity index (χ4n) is 3.82. The van der Waals surface area contributed by atoms with Crippen LogP contribution in [-0.4, -0.2) is 59.8 Å². The predicted octanol–water partition coefficient (Wildman–Crippen LogP) is 4.42. The van der Waals surface area contributed by atoms with Crippen molar-refractivity contribution in [3.63, 3.8) is 0 Å². The number of halogens is 1. The molecule has 158 valence electrons. The highest BCUT2D eigenvalue weighted by molar-refractivity contribution is 9.10. The van der Waals surface area contributed by atoms with Gasteiger partial charge in [0, 0.05) is 50.0 Å². The van der Waals surface area contributed by atoms with Gasteiger partial charge in [-0.25, -0.2) is 9.78 Å². The molecule has 4 rings (SSSR count). The number of rotatable bonds is 4. The summed E-state index contributed by atoms with van der Waals surface area (Å²) in [6.45, 7) is 6.97. The summed E-state index contributed by atoms with van der Waals surface area (Å²) >= 11 is 3.59. The Kier molecular flexibility index (Phi) is 5.85. The molecule has 1 aliphatic heterocycles. The van der Waals surface area contributed by atoms with E-state index in [2.05, 4.69) is 51.0 Å². The van der Waals surface area contributed by atoms with Crippen molar-refractivity contribution in [2.45, 2.75) is 19.9 Å². The predicted molar refractivity (Wildman–Crippen MR) is 124 cm³/mol. The van der Waals surface area contributed by atoms with Crippen molar-refractivity contribution in [3.8, 4) is 5.75 Å². The van der Waals surface area contributed by atoms with Crippen LogP contribution in [0.1, 0.15) is 13.8 Å². The van der Waals surface area contributed by atoms with Crippen LogP contribution in [0.2, 0.25) is 0 Å². The molecule has 30 heavy (non-hydrogen) atoms. The van der Waals surface area contributed by atoms with Crippen molar-refractivity contribution >= 4 is 44.4 Å². The van der Waals surface area contributed by atoms with Gasteiger partial charge in [-0.2, -0.15) is 0 Å². The smallest absolute Gasteiger partial charge is 0.328 e. The first kappa shape index (κ1) is 20.5. The molecule has 0 radical (unpaired) electrons. The van der Waals surface area contributed by atoms with Gasteiger partial charge < -0.3 is 19.9 Å². The average Bonchev–Trinajstić information content (AvgIpc) is 3.19. The molecule has 1 saturated heterocycles. The van der Waals surface area contributed by atoms with Crippen LogP contribution in [0.5, 0.6) is 5.75 Å². The van der Waals surface area contributed by atoms with Crippen LogP contribution >= 0.6 is 15.9 Å². The van der Waals surface area contributed by atoms with Crippen molar-refractivity contribution in [3.05, 3.63) is 47.2 Å². The number of anilines is 2. The number of piperazine rings is 1. The minimum Gasteiger partial charge on any atom is -0.495 e. The van der Waals surface area contributed by atoms with E-state index >= 15 is 0 Å². The number of ether oxygens (including phenoxy) is 1. The molecule has 3 aromatic rings. The highest BCUT2D eigenvalue weighted by atomic mass is 79.9. The van der Waals surface area contributed by atoms with Crippen molar-refractivity contribution in [2.75, 3.05) is 43.5 Å². The molecule has 0 spiro atoms. The first-order chi connectivity index (χ1) is 14.5. The minimum atomic E-state index is -0.0276. The topological polar surface area (TPSA) is 62.6 Å². The Balaban J connectivity index is 1.52. The van der Waals surface area contributed by atoms with Crippen LogP contribution in [0.3, 0.4) is 0 Å². The summed E-state index contributed by atoms with van der Waals surface area (Å²) in [5, 5.41) is 4.45. The Morgan fingerprint density at radius 2 is 1.93 bits per heavy atom. The highest BCUT2D eigenvalue weighted by Gasteiger charge is 2.26. The third-order valence-electron chi connectivity index (χ3n) is 5.26. The second-order valence-electron chi connectivity index (χ2n) is 7.64. The molecular formula is C22H26BrN5O2.